The number of rotatable bonds is 8. The number of likely N-dealkylation sites (N-methyl/N-ethyl adjacent to an activating group) is 1. The molecule has 2 atom stereocenters. The number of carbonyl (C=O) groups is 5. The van der Waals surface area contributed by atoms with Gasteiger partial charge in [0.1, 0.15) is 21.6 Å². The van der Waals surface area contributed by atoms with Gasteiger partial charge in [0.2, 0.25) is 5.91 Å². The molecule has 3 rings (SSSR count). The van der Waals surface area contributed by atoms with Gasteiger partial charge in [-0.1, -0.05) is 12.1 Å². The van der Waals surface area contributed by atoms with Gasteiger partial charge in [0.15, 0.2) is 0 Å². The molecule has 2 aliphatic heterocycles. The van der Waals surface area contributed by atoms with Crippen LogP contribution in [-0.4, -0.2) is 109 Å². The van der Waals surface area contributed by atoms with Crippen LogP contribution in [0.5, 0.6) is 5.75 Å². The van der Waals surface area contributed by atoms with E-state index >= 15 is 0 Å². The number of nitrogens with one attached hydrogen (secondary N) is 2. The molecule has 0 unspecified atom stereocenters. The summed E-state index contributed by atoms with van der Waals surface area (Å²) in [6.07, 6.45) is 0.588. The molecule has 0 saturated carbocycles. The molecule has 37 heavy (non-hydrogen) atoms. The Balaban J connectivity index is 1.75. The molecule has 0 spiro atoms. The maximum absolute atomic E-state index is 13.1. The molecular formula is C21H27BN4O10S. The highest BCUT2D eigenvalue weighted by atomic mass is 32.2. The van der Waals surface area contributed by atoms with Gasteiger partial charge >= 0.3 is 30.9 Å². The Hall–Kier alpha value is -3.66. The molecule has 1 aromatic carbocycles. The highest BCUT2D eigenvalue weighted by molar-refractivity contribution is 7.90. The molecule has 4 N–H and O–H groups in total. The number of para-hydroxylation sites is 1. The molecule has 1 fully saturated rings. The summed E-state index contributed by atoms with van der Waals surface area (Å²) < 4.78 is 28.8. The first kappa shape index (κ1) is 27.9. The van der Waals surface area contributed by atoms with Crippen molar-refractivity contribution in [3.8, 4) is 5.75 Å². The molecule has 2 aliphatic rings. The summed E-state index contributed by atoms with van der Waals surface area (Å²) in [5.41, 5.74) is 0.243. The van der Waals surface area contributed by atoms with Gasteiger partial charge in [0, 0.05) is 25.9 Å². The van der Waals surface area contributed by atoms with Crippen molar-refractivity contribution in [3.63, 3.8) is 0 Å². The van der Waals surface area contributed by atoms with Gasteiger partial charge < -0.3 is 30.3 Å². The number of amides is 5. The Morgan fingerprint density at radius 2 is 1.92 bits per heavy atom. The van der Waals surface area contributed by atoms with Crippen LogP contribution < -0.4 is 15.3 Å². The number of aromatic carboxylic acids is 1. The van der Waals surface area contributed by atoms with Crippen molar-refractivity contribution in [2.24, 2.45) is 0 Å². The number of benzene rings is 1. The van der Waals surface area contributed by atoms with Crippen LogP contribution >= 0.6 is 0 Å². The van der Waals surface area contributed by atoms with Crippen molar-refractivity contribution in [1.29, 1.82) is 0 Å². The van der Waals surface area contributed by atoms with Crippen molar-refractivity contribution in [1.82, 2.24) is 20.4 Å². The lowest BCUT2D eigenvalue weighted by molar-refractivity contribution is -0.153. The second-order valence-electron chi connectivity index (χ2n) is 8.69. The first-order valence-electron chi connectivity index (χ1n) is 11.4. The average molecular weight is 538 g/mol. The van der Waals surface area contributed by atoms with E-state index in [0.717, 1.165) is 6.26 Å². The van der Waals surface area contributed by atoms with Crippen LogP contribution in [0.3, 0.4) is 0 Å². The standard InChI is InChI=1S/C21H27BN4O10S/c1-3-25-8-9-26(19(29)18(25)28)21(32)23-14(7-10-37(2,34)35)17(27)24-15-11-12-5-4-6-13(20(30)31)16(12)36-22(15)33/h4-6,14-15,33H,3,7-11H2,1-2H3,(H,23,32)(H,24,27)(H,30,31)/t14-,15+/m1/s1. The molecule has 1 saturated heterocycles. The van der Waals surface area contributed by atoms with Gasteiger partial charge in [0.25, 0.3) is 0 Å². The SMILES string of the molecule is CCN1CCN(C(=O)N[C@H](CCS(C)(=O)=O)C(=O)N[C@H]2Cc3cccc(C(=O)O)c3OB2O)C(=O)C1=O. The zero-order valence-electron chi connectivity index (χ0n) is 20.2. The molecule has 16 heteroatoms. The lowest BCUT2D eigenvalue weighted by Crippen LogP contribution is -2.62. The van der Waals surface area contributed by atoms with Crippen LogP contribution in [0.15, 0.2) is 18.2 Å². The molecular weight excluding hydrogens is 511 g/mol. The minimum Gasteiger partial charge on any atom is -0.534 e. The van der Waals surface area contributed by atoms with Crippen molar-refractivity contribution in [2.45, 2.75) is 31.7 Å². The monoisotopic (exact) mass is 538 g/mol. The first-order valence-corrected chi connectivity index (χ1v) is 13.5. The van der Waals surface area contributed by atoms with Crippen LogP contribution in [-0.2, 0) is 30.6 Å². The maximum atomic E-state index is 13.1. The summed E-state index contributed by atoms with van der Waals surface area (Å²) in [6, 6.07) is 1.87. The van der Waals surface area contributed by atoms with E-state index in [-0.39, 0.29) is 43.8 Å². The van der Waals surface area contributed by atoms with Gasteiger partial charge in [-0.2, -0.15) is 0 Å². The fraction of sp³-hybridized carbons (Fsp3) is 0.476. The minimum absolute atomic E-state index is 0.0118. The summed E-state index contributed by atoms with van der Waals surface area (Å²) in [5.74, 6) is -5.65. The Morgan fingerprint density at radius 1 is 1.22 bits per heavy atom. The number of fused-ring (bicyclic) bond motifs is 1. The van der Waals surface area contributed by atoms with E-state index < -0.39 is 64.4 Å². The van der Waals surface area contributed by atoms with Gasteiger partial charge in [0.05, 0.1) is 17.3 Å². The third-order valence-electron chi connectivity index (χ3n) is 6.00. The van der Waals surface area contributed by atoms with Crippen LogP contribution in [0.25, 0.3) is 0 Å². The maximum Gasteiger partial charge on any atom is 0.547 e. The van der Waals surface area contributed by atoms with E-state index in [1.54, 1.807) is 13.0 Å². The van der Waals surface area contributed by atoms with Crippen LogP contribution in [0, 0.1) is 0 Å². The van der Waals surface area contributed by atoms with E-state index in [1.165, 1.54) is 17.0 Å². The smallest absolute Gasteiger partial charge is 0.534 e. The average Bonchev–Trinajstić information content (AvgIpc) is 2.82. The van der Waals surface area contributed by atoms with Gasteiger partial charge in [-0.25, -0.2) is 18.0 Å². The van der Waals surface area contributed by atoms with Gasteiger partial charge in [-0.3, -0.25) is 19.3 Å². The summed E-state index contributed by atoms with van der Waals surface area (Å²) in [6.45, 7) is 1.96. The number of sulfone groups is 1. The first-order chi connectivity index (χ1) is 17.3. The molecule has 5 amide bonds. The zero-order valence-corrected chi connectivity index (χ0v) is 21.0. The van der Waals surface area contributed by atoms with Crippen LogP contribution in [0.1, 0.15) is 29.3 Å². The molecule has 0 radical (unpaired) electrons. The topological polar surface area (TPSA) is 200 Å². The van der Waals surface area contributed by atoms with Crippen molar-refractivity contribution in [3.05, 3.63) is 29.3 Å². The van der Waals surface area contributed by atoms with Gasteiger partial charge in [-0.05, 0) is 31.4 Å². The molecule has 14 nitrogen and oxygen atoms in total. The number of carboxylic acids is 1. The lowest BCUT2D eigenvalue weighted by atomic mass is 9.72. The van der Waals surface area contributed by atoms with E-state index in [4.69, 9.17) is 4.65 Å². The third kappa shape index (κ3) is 6.57. The van der Waals surface area contributed by atoms with E-state index in [9.17, 15) is 42.5 Å². The molecule has 200 valence electrons. The minimum atomic E-state index is -3.54. The predicted molar refractivity (Wildman–Crippen MR) is 128 cm³/mol. The van der Waals surface area contributed by atoms with Crippen molar-refractivity contribution in [2.75, 3.05) is 31.6 Å². The number of hydrogen-bond acceptors (Lipinski definition) is 9. The quantitative estimate of drug-likeness (QED) is 0.213. The molecule has 2 heterocycles. The number of piperazine rings is 1. The largest absolute Gasteiger partial charge is 0.547 e. The van der Waals surface area contributed by atoms with Crippen LogP contribution in [0.2, 0.25) is 0 Å². The van der Waals surface area contributed by atoms with Gasteiger partial charge in [-0.15, -0.1) is 0 Å². The summed E-state index contributed by atoms with van der Waals surface area (Å²) >= 11 is 0. The Labute approximate surface area is 213 Å². The predicted octanol–water partition coefficient (Wildman–Crippen LogP) is -1.97. The Bertz CT molecular complexity index is 1220. The highest BCUT2D eigenvalue weighted by Gasteiger charge is 2.40. The highest BCUT2D eigenvalue weighted by Crippen LogP contribution is 2.30. The zero-order chi connectivity index (χ0) is 27.5. The fourth-order valence-corrected chi connectivity index (χ4v) is 4.66. The molecule has 0 aliphatic carbocycles. The number of imide groups is 1. The third-order valence-corrected chi connectivity index (χ3v) is 6.98. The summed E-state index contributed by atoms with van der Waals surface area (Å²) in [4.78, 5) is 63.6. The van der Waals surface area contributed by atoms with Crippen molar-refractivity contribution >= 4 is 46.7 Å². The molecule has 0 bridgehead atoms. The molecule has 1 aromatic rings. The van der Waals surface area contributed by atoms with E-state index in [0.29, 0.717) is 10.5 Å². The van der Waals surface area contributed by atoms with Crippen molar-refractivity contribution < 1.29 is 47.2 Å². The second-order valence-corrected chi connectivity index (χ2v) is 10.9. The molecule has 0 aromatic heterocycles. The Kier molecular flexibility index (Phi) is 8.43. The van der Waals surface area contributed by atoms with E-state index in [2.05, 4.69) is 10.6 Å². The number of carboxylic acid groups (broad SMARTS) is 1. The number of hydrogen-bond donors (Lipinski definition) is 4. The number of carbonyl (C=O) groups excluding carboxylic acids is 4. The Morgan fingerprint density at radius 3 is 2.54 bits per heavy atom. The fourth-order valence-electron chi connectivity index (χ4n) is 4.00. The van der Waals surface area contributed by atoms with E-state index in [1.807, 2.05) is 0 Å². The number of nitrogens with zero attached hydrogens (tertiary/aromatic N) is 2. The van der Waals surface area contributed by atoms with Crippen LogP contribution in [0.4, 0.5) is 4.79 Å². The lowest BCUT2D eigenvalue weighted by Gasteiger charge is -2.33. The number of urea groups is 1. The summed E-state index contributed by atoms with van der Waals surface area (Å²) in [7, 11) is -5.18. The summed E-state index contributed by atoms with van der Waals surface area (Å²) in [5, 5.41) is 24.5. The normalized spacial score (nSPS) is 18.6. The second kappa shape index (κ2) is 11.2.